The molecule has 1 aliphatic rings. The Morgan fingerprint density at radius 2 is 2.10 bits per heavy atom. The second-order valence-corrected chi connectivity index (χ2v) is 7.54. The summed E-state index contributed by atoms with van der Waals surface area (Å²) in [5.74, 6) is 1.44. The van der Waals surface area contributed by atoms with Crippen LogP contribution in [0.2, 0.25) is 0 Å². The van der Waals surface area contributed by atoms with Crippen molar-refractivity contribution in [3.05, 3.63) is 54.0 Å². The fraction of sp³-hybridized carbons (Fsp3) is 0.409. The van der Waals surface area contributed by atoms with Crippen LogP contribution in [0.15, 0.2) is 47.0 Å². The first-order chi connectivity index (χ1) is 14.1. The number of amides is 1. The monoisotopic (exact) mass is 395 g/mol. The summed E-state index contributed by atoms with van der Waals surface area (Å²) in [6.07, 6.45) is 3.59. The van der Waals surface area contributed by atoms with Crippen LogP contribution in [0.5, 0.6) is 5.88 Å². The Labute approximate surface area is 169 Å². The van der Waals surface area contributed by atoms with Crippen molar-refractivity contribution >= 4 is 17.0 Å². The van der Waals surface area contributed by atoms with Gasteiger partial charge in [-0.1, -0.05) is 30.3 Å². The van der Waals surface area contributed by atoms with Crippen LogP contribution in [-0.4, -0.2) is 34.6 Å². The molecule has 2 aromatic heterocycles. The van der Waals surface area contributed by atoms with Gasteiger partial charge in [0.25, 0.3) is 0 Å². The minimum Gasteiger partial charge on any atom is -0.473 e. The van der Waals surface area contributed by atoms with Crippen LogP contribution in [0, 0.1) is 0 Å². The summed E-state index contributed by atoms with van der Waals surface area (Å²) < 4.78 is 17.6. The molecule has 3 aromatic rings. The third-order valence-corrected chi connectivity index (χ3v) is 4.97. The van der Waals surface area contributed by atoms with E-state index in [0.29, 0.717) is 24.7 Å². The molecule has 29 heavy (non-hydrogen) atoms. The quantitative estimate of drug-likeness (QED) is 0.627. The fourth-order valence-electron chi connectivity index (χ4n) is 3.39. The van der Waals surface area contributed by atoms with Gasteiger partial charge < -0.3 is 19.2 Å². The van der Waals surface area contributed by atoms with Crippen molar-refractivity contribution in [3.8, 4) is 5.88 Å². The molecule has 0 unspecified atom stereocenters. The van der Waals surface area contributed by atoms with Crippen LogP contribution in [0.4, 0.5) is 0 Å². The van der Waals surface area contributed by atoms with Gasteiger partial charge in [-0.25, -0.2) is 9.97 Å². The Morgan fingerprint density at radius 3 is 2.86 bits per heavy atom. The van der Waals surface area contributed by atoms with E-state index < -0.39 is 0 Å². The van der Waals surface area contributed by atoms with Gasteiger partial charge in [0.1, 0.15) is 12.1 Å². The van der Waals surface area contributed by atoms with Gasteiger partial charge in [-0.3, -0.25) is 4.79 Å². The van der Waals surface area contributed by atoms with E-state index >= 15 is 0 Å². The Balaban J connectivity index is 1.30. The molecule has 1 atom stereocenters. The Morgan fingerprint density at radius 1 is 1.31 bits per heavy atom. The van der Waals surface area contributed by atoms with Gasteiger partial charge in [-0.15, -0.1) is 0 Å². The zero-order chi connectivity index (χ0) is 20.2. The van der Waals surface area contributed by atoms with Crippen LogP contribution < -0.4 is 10.1 Å². The predicted molar refractivity (Wildman–Crippen MR) is 108 cm³/mol. The van der Waals surface area contributed by atoms with E-state index in [1.165, 1.54) is 6.92 Å². The number of oxazole rings is 1. The molecule has 1 aromatic carbocycles. The second-order valence-electron chi connectivity index (χ2n) is 7.54. The molecule has 7 nitrogen and oxygen atoms in total. The molecular weight excluding hydrogens is 370 g/mol. The summed E-state index contributed by atoms with van der Waals surface area (Å²) in [5, 5.41) is 2.82. The molecule has 1 fully saturated rings. The summed E-state index contributed by atoms with van der Waals surface area (Å²) in [7, 11) is 0. The minimum absolute atomic E-state index is 0.0104. The van der Waals surface area contributed by atoms with Crippen LogP contribution in [0.25, 0.3) is 11.1 Å². The molecule has 1 aliphatic carbocycles. The lowest BCUT2D eigenvalue weighted by Gasteiger charge is -2.33. The standard InChI is InChI=1S/C22H25N3O4/c1-14(24-15(2)26)12-27-18-8-17(9-18)22-25-19-11-23-21(10-20(19)29-22)28-13-16-6-4-3-5-7-16/h3-7,10-11,14,17-18H,8-9,12-13H2,1-2H3,(H,24,26)/t14-,17?,18?/m0/s1. The van der Waals surface area contributed by atoms with Crippen molar-refractivity contribution in [2.75, 3.05) is 6.61 Å². The molecule has 2 heterocycles. The molecule has 7 heteroatoms. The van der Waals surface area contributed by atoms with Crippen LogP contribution in [-0.2, 0) is 16.1 Å². The van der Waals surface area contributed by atoms with Gasteiger partial charge in [-0.2, -0.15) is 0 Å². The number of ether oxygens (including phenoxy) is 2. The normalized spacial score (nSPS) is 19.5. The van der Waals surface area contributed by atoms with Crippen molar-refractivity contribution in [2.24, 2.45) is 0 Å². The number of carbonyl (C=O) groups excluding carboxylic acids is 1. The summed E-state index contributed by atoms with van der Waals surface area (Å²) in [4.78, 5) is 19.9. The number of pyridine rings is 1. The molecule has 1 saturated carbocycles. The highest BCUT2D eigenvalue weighted by molar-refractivity contribution is 5.73. The lowest BCUT2D eigenvalue weighted by molar-refractivity contribution is -0.120. The third-order valence-electron chi connectivity index (χ3n) is 4.97. The highest BCUT2D eigenvalue weighted by Crippen LogP contribution is 2.39. The zero-order valence-electron chi connectivity index (χ0n) is 16.6. The van der Waals surface area contributed by atoms with E-state index in [4.69, 9.17) is 13.9 Å². The van der Waals surface area contributed by atoms with Gasteiger partial charge in [-0.05, 0) is 25.3 Å². The maximum absolute atomic E-state index is 11.0. The van der Waals surface area contributed by atoms with Gasteiger partial charge >= 0.3 is 0 Å². The first-order valence-electron chi connectivity index (χ1n) is 9.88. The van der Waals surface area contributed by atoms with Gasteiger partial charge in [0.2, 0.25) is 11.8 Å². The molecule has 0 radical (unpaired) electrons. The third kappa shape index (κ3) is 4.92. The lowest BCUT2D eigenvalue weighted by Crippen LogP contribution is -2.38. The molecule has 0 aliphatic heterocycles. The first kappa shape index (κ1) is 19.4. The number of carbonyl (C=O) groups is 1. The largest absolute Gasteiger partial charge is 0.473 e. The van der Waals surface area contributed by atoms with Crippen LogP contribution in [0.1, 0.15) is 44.1 Å². The van der Waals surface area contributed by atoms with E-state index in [9.17, 15) is 4.79 Å². The molecule has 0 spiro atoms. The summed E-state index contributed by atoms with van der Waals surface area (Å²) in [6, 6.07) is 11.8. The predicted octanol–water partition coefficient (Wildman–Crippen LogP) is 3.59. The molecule has 4 rings (SSSR count). The smallest absolute Gasteiger partial charge is 0.217 e. The van der Waals surface area contributed by atoms with E-state index in [1.807, 2.05) is 37.3 Å². The highest BCUT2D eigenvalue weighted by atomic mass is 16.5. The number of nitrogens with one attached hydrogen (secondary N) is 1. The Kier molecular flexibility index (Phi) is 5.76. The number of aromatic nitrogens is 2. The molecular formula is C22H25N3O4. The molecule has 0 saturated heterocycles. The minimum atomic E-state index is -0.0419. The van der Waals surface area contributed by atoms with Crippen molar-refractivity contribution in [2.45, 2.75) is 51.4 Å². The first-order valence-corrected chi connectivity index (χ1v) is 9.88. The topological polar surface area (TPSA) is 86.5 Å². The van der Waals surface area contributed by atoms with E-state index in [1.54, 1.807) is 12.3 Å². The van der Waals surface area contributed by atoms with E-state index in [2.05, 4.69) is 15.3 Å². The number of rotatable bonds is 8. The van der Waals surface area contributed by atoms with Gasteiger partial charge in [0.15, 0.2) is 11.5 Å². The zero-order valence-corrected chi connectivity index (χ0v) is 16.6. The summed E-state index contributed by atoms with van der Waals surface area (Å²) in [6.45, 7) is 4.41. The SMILES string of the molecule is CC(=O)N[C@@H](C)COC1CC(c2nc3cnc(OCc4ccccc4)cc3o2)C1. The van der Waals surface area contributed by atoms with Crippen molar-refractivity contribution in [1.82, 2.24) is 15.3 Å². The van der Waals surface area contributed by atoms with Gasteiger partial charge in [0.05, 0.1) is 18.9 Å². The number of fused-ring (bicyclic) bond motifs is 1. The van der Waals surface area contributed by atoms with Crippen molar-refractivity contribution in [1.29, 1.82) is 0 Å². The Bertz CT molecular complexity index is 967. The Hall–Kier alpha value is -2.93. The molecule has 0 bridgehead atoms. The van der Waals surface area contributed by atoms with Crippen LogP contribution >= 0.6 is 0 Å². The summed E-state index contributed by atoms with van der Waals surface area (Å²) in [5.41, 5.74) is 2.50. The summed E-state index contributed by atoms with van der Waals surface area (Å²) >= 11 is 0. The lowest BCUT2D eigenvalue weighted by atomic mass is 9.82. The van der Waals surface area contributed by atoms with Crippen molar-refractivity contribution < 1.29 is 18.7 Å². The van der Waals surface area contributed by atoms with Crippen LogP contribution in [0.3, 0.4) is 0 Å². The maximum atomic E-state index is 11.0. The average Bonchev–Trinajstić information content (AvgIpc) is 3.08. The van der Waals surface area contributed by atoms with Crippen molar-refractivity contribution in [3.63, 3.8) is 0 Å². The number of benzene rings is 1. The molecule has 1 amide bonds. The van der Waals surface area contributed by atoms with Gasteiger partial charge in [0, 0.05) is 24.9 Å². The number of nitrogens with zero attached hydrogens (tertiary/aromatic N) is 2. The molecule has 1 N–H and O–H groups in total. The fourth-order valence-corrected chi connectivity index (χ4v) is 3.39. The maximum Gasteiger partial charge on any atom is 0.217 e. The average molecular weight is 395 g/mol. The van der Waals surface area contributed by atoms with E-state index in [0.717, 1.165) is 29.8 Å². The van der Waals surface area contributed by atoms with E-state index in [-0.39, 0.29) is 24.0 Å². The molecule has 152 valence electrons. The number of hydrogen-bond donors (Lipinski definition) is 1. The number of hydrogen-bond acceptors (Lipinski definition) is 6. The second kappa shape index (κ2) is 8.61. The highest BCUT2D eigenvalue weighted by Gasteiger charge is 2.35.